The summed E-state index contributed by atoms with van der Waals surface area (Å²) in [4.78, 5) is 50.0. The lowest BCUT2D eigenvalue weighted by atomic mass is 9.79. The van der Waals surface area contributed by atoms with Gasteiger partial charge in [-0.05, 0) is 55.0 Å². The van der Waals surface area contributed by atoms with Crippen molar-refractivity contribution >= 4 is 28.6 Å². The number of methoxy groups -OCH3 is 1. The highest BCUT2D eigenvalue weighted by atomic mass is 16.6. The molecule has 0 radical (unpaired) electrons. The van der Waals surface area contributed by atoms with Gasteiger partial charge in [-0.1, -0.05) is 18.2 Å². The summed E-state index contributed by atoms with van der Waals surface area (Å²) < 4.78 is 16.1. The maximum absolute atomic E-state index is 13.6. The quantitative estimate of drug-likeness (QED) is 0.356. The molecule has 0 saturated heterocycles. The molecule has 0 amide bonds. The highest BCUT2D eigenvalue weighted by Crippen LogP contribution is 2.35. The predicted molar refractivity (Wildman–Crippen MR) is 133 cm³/mol. The number of carbonyl (C=O) groups excluding carboxylic acids is 3. The minimum atomic E-state index is -2.05. The molecule has 5 rings (SSSR count). The Morgan fingerprint density at radius 2 is 1.95 bits per heavy atom. The minimum absolute atomic E-state index is 0.0992. The van der Waals surface area contributed by atoms with Crippen LogP contribution in [0.3, 0.4) is 0 Å². The number of fused-ring (bicyclic) bond motifs is 2. The monoisotopic (exact) mass is 497 g/mol. The number of benzene rings is 1. The standard InChI is InChI=1S/C28H23N3O6/c1-28(37-27(34)24-15-29-22-9-3-4-10-23(22)30-24)25(32)14-18-13-19(7-5-11-35-2)31(17-21(18)26(28)33)16-20-8-6-12-36-20/h3-10,12-15,17H,11,16H2,1-2H3/b7-5+. The first-order valence-electron chi connectivity index (χ1n) is 11.5. The fraction of sp³-hybridized carbons (Fsp3) is 0.179. The lowest BCUT2D eigenvalue weighted by molar-refractivity contribution is -0.145. The molecule has 186 valence electrons. The van der Waals surface area contributed by atoms with Gasteiger partial charge in [0.25, 0.3) is 0 Å². The van der Waals surface area contributed by atoms with E-state index < -0.39 is 23.1 Å². The predicted octanol–water partition coefficient (Wildman–Crippen LogP) is 3.70. The van der Waals surface area contributed by atoms with Crippen LogP contribution in [0.5, 0.6) is 0 Å². The van der Waals surface area contributed by atoms with Crippen LogP contribution in [0.1, 0.15) is 23.2 Å². The SMILES string of the molecule is COC/C=C/C1=CC2=CC(=O)C(C)(OC(=O)c3cnc4ccccc4n3)C(=O)C2=CN1Cc1ccco1. The van der Waals surface area contributed by atoms with Crippen molar-refractivity contribution in [2.24, 2.45) is 0 Å². The van der Waals surface area contributed by atoms with Gasteiger partial charge in [0.2, 0.25) is 17.2 Å². The van der Waals surface area contributed by atoms with Crippen LogP contribution in [0.2, 0.25) is 0 Å². The van der Waals surface area contributed by atoms with E-state index in [1.165, 1.54) is 19.2 Å². The van der Waals surface area contributed by atoms with Crippen LogP contribution < -0.4 is 0 Å². The fourth-order valence-electron chi connectivity index (χ4n) is 4.09. The average Bonchev–Trinajstić information content (AvgIpc) is 3.41. The lowest BCUT2D eigenvalue weighted by Gasteiger charge is -2.34. The zero-order valence-corrected chi connectivity index (χ0v) is 20.2. The van der Waals surface area contributed by atoms with Gasteiger partial charge in [-0.2, -0.15) is 0 Å². The maximum Gasteiger partial charge on any atom is 0.360 e. The number of allylic oxidation sites excluding steroid dienone is 3. The Kier molecular flexibility index (Phi) is 6.37. The van der Waals surface area contributed by atoms with E-state index in [0.717, 1.165) is 5.70 Å². The molecular formula is C28H23N3O6. The van der Waals surface area contributed by atoms with Gasteiger partial charge in [-0.3, -0.25) is 14.6 Å². The average molecular weight is 498 g/mol. The molecule has 1 aliphatic carbocycles. The van der Waals surface area contributed by atoms with E-state index in [0.29, 0.717) is 35.5 Å². The molecule has 9 heteroatoms. The van der Waals surface area contributed by atoms with E-state index in [1.54, 1.807) is 56.0 Å². The van der Waals surface area contributed by atoms with Gasteiger partial charge in [0, 0.05) is 24.6 Å². The van der Waals surface area contributed by atoms with Crippen molar-refractivity contribution in [3.8, 4) is 0 Å². The van der Waals surface area contributed by atoms with E-state index in [9.17, 15) is 14.4 Å². The first-order chi connectivity index (χ1) is 17.9. The Balaban J connectivity index is 1.46. The van der Waals surface area contributed by atoms with E-state index in [-0.39, 0.29) is 11.3 Å². The Labute approximate surface area is 212 Å². The third-order valence-corrected chi connectivity index (χ3v) is 6.08. The summed E-state index contributed by atoms with van der Waals surface area (Å²) >= 11 is 0. The van der Waals surface area contributed by atoms with Crippen molar-refractivity contribution in [3.63, 3.8) is 0 Å². The molecule has 0 saturated carbocycles. The number of esters is 1. The van der Waals surface area contributed by atoms with Crippen molar-refractivity contribution in [1.29, 1.82) is 0 Å². The van der Waals surface area contributed by atoms with Crippen molar-refractivity contribution < 1.29 is 28.3 Å². The molecule has 1 aromatic carbocycles. The molecule has 3 aromatic rings. The van der Waals surface area contributed by atoms with Gasteiger partial charge in [-0.25, -0.2) is 9.78 Å². The minimum Gasteiger partial charge on any atom is -0.467 e. The molecule has 1 unspecified atom stereocenters. The molecule has 9 nitrogen and oxygen atoms in total. The first kappa shape index (κ1) is 24.1. The lowest BCUT2D eigenvalue weighted by Crippen LogP contribution is -2.51. The second-order valence-corrected chi connectivity index (χ2v) is 8.64. The summed E-state index contributed by atoms with van der Waals surface area (Å²) in [6, 6.07) is 10.6. The van der Waals surface area contributed by atoms with E-state index in [1.807, 2.05) is 23.1 Å². The van der Waals surface area contributed by atoms with Gasteiger partial charge in [-0.15, -0.1) is 0 Å². The van der Waals surface area contributed by atoms with Crippen LogP contribution in [-0.2, 0) is 25.6 Å². The Morgan fingerprint density at radius 1 is 1.14 bits per heavy atom. The number of rotatable bonds is 7. The van der Waals surface area contributed by atoms with Gasteiger partial charge in [0.1, 0.15) is 5.76 Å². The van der Waals surface area contributed by atoms with Crippen molar-refractivity contribution in [3.05, 3.63) is 108 Å². The zero-order chi connectivity index (χ0) is 26.0. The molecule has 0 spiro atoms. The summed E-state index contributed by atoms with van der Waals surface area (Å²) in [5, 5.41) is 0. The number of hydrogen-bond donors (Lipinski definition) is 0. The van der Waals surface area contributed by atoms with Gasteiger partial charge in [0.15, 0.2) is 5.69 Å². The third kappa shape index (κ3) is 4.64. The maximum atomic E-state index is 13.6. The van der Waals surface area contributed by atoms with Crippen molar-refractivity contribution in [2.45, 2.75) is 19.1 Å². The van der Waals surface area contributed by atoms with Gasteiger partial charge < -0.3 is 18.8 Å². The van der Waals surface area contributed by atoms with Crippen LogP contribution in [0.15, 0.2) is 101 Å². The summed E-state index contributed by atoms with van der Waals surface area (Å²) in [6.07, 6.45) is 11.2. The molecule has 0 N–H and O–H groups in total. The number of furan rings is 1. The summed E-state index contributed by atoms with van der Waals surface area (Å²) in [5.41, 5.74) is 0.362. The molecule has 3 heterocycles. The van der Waals surface area contributed by atoms with Crippen LogP contribution in [0.4, 0.5) is 0 Å². The number of aromatic nitrogens is 2. The zero-order valence-electron chi connectivity index (χ0n) is 20.2. The van der Waals surface area contributed by atoms with Crippen LogP contribution in [0.25, 0.3) is 11.0 Å². The van der Waals surface area contributed by atoms with Gasteiger partial charge in [0.05, 0.1) is 36.6 Å². The number of ether oxygens (including phenoxy) is 2. The Morgan fingerprint density at radius 3 is 2.70 bits per heavy atom. The summed E-state index contributed by atoms with van der Waals surface area (Å²) in [7, 11) is 1.59. The Hall–Kier alpha value is -4.63. The molecule has 1 atom stereocenters. The number of ketones is 2. The van der Waals surface area contributed by atoms with E-state index >= 15 is 0 Å². The molecular weight excluding hydrogens is 474 g/mol. The number of para-hydroxylation sites is 2. The van der Waals surface area contributed by atoms with Crippen LogP contribution >= 0.6 is 0 Å². The molecule has 0 fully saturated rings. The topological polar surface area (TPSA) is 112 Å². The number of carbonyl (C=O) groups is 3. The van der Waals surface area contributed by atoms with Gasteiger partial charge >= 0.3 is 5.97 Å². The second kappa shape index (κ2) is 9.79. The van der Waals surface area contributed by atoms with E-state index in [4.69, 9.17) is 13.9 Å². The second-order valence-electron chi connectivity index (χ2n) is 8.64. The van der Waals surface area contributed by atoms with Crippen molar-refractivity contribution in [2.75, 3.05) is 13.7 Å². The highest BCUT2D eigenvalue weighted by molar-refractivity contribution is 6.26. The fourth-order valence-corrected chi connectivity index (χ4v) is 4.09. The first-order valence-corrected chi connectivity index (χ1v) is 11.5. The Bertz CT molecular complexity index is 1520. The smallest absolute Gasteiger partial charge is 0.360 e. The van der Waals surface area contributed by atoms with Crippen LogP contribution in [-0.4, -0.2) is 51.7 Å². The largest absolute Gasteiger partial charge is 0.467 e. The number of hydrogen-bond acceptors (Lipinski definition) is 9. The van der Waals surface area contributed by atoms with E-state index in [2.05, 4.69) is 9.97 Å². The molecule has 2 aromatic heterocycles. The third-order valence-electron chi connectivity index (χ3n) is 6.08. The summed E-state index contributed by atoms with van der Waals surface area (Å²) in [6.45, 7) is 2.04. The number of nitrogens with zero attached hydrogens (tertiary/aromatic N) is 3. The van der Waals surface area contributed by atoms with Crippen LogP contribution in [0, 0.1) is 0 Å². The summed E-state index contributed by atoms with van der Waals surface area (Å²) in [5.74, 6) is -1.50. The molecule has 0 bridgehead atoms. The van der Waals surface area contributed by atoms with Crippen molar-refractivity contribution in [1.82, 2.24) is 14.9 Å². The molecule has 37 heavy (non-hydrogen) atoms. The number of Topliss-reactive ketones (excluding diaryl/α,β-unsaturated/α-hetero) is 1. The highest BCUT2D eigenvalue weighted by Gasteiger charge is 2.49. The molecule has 2 aliphatic rings. The molecule has 1 aliphatic heterocycles. The normalized spacial score (nSPS) is 19.5.